The van der Waals surface area contributed by atoms with E-state index in [1.807, 2.05) is 13.8 Å². The van der Waals surface area contributed by atoms with Crippen LogP contribution in [0.4, 0.5) is 11.4 Å². The van der Waals surface area contributed by atoms with E-state index in [1.165, 1.54) is 14.0 Å². The van der Waals surface area contributed by atoms with Crippen LogP contribution in [0.5, 0.6) is 5.75 Å². The van der Waals surface area contributed by atoms with Crippen molar-refractivity contribution in [1.82, 2.24) is 5.32 Å². The lowest BCUT2D eigenvalue weighted by Gasteiger charge is -2.29. The number of nitrogens with one attached hydrogen (secondary N) is 2. The fraction of sp³-hybridized carbons (Fsp3) is 0.364. The molecule has 2 aromatic carbocycles. The van der Waals surface area contributed by atoms with Crippen LogP contribution in [-0.4, -0.2) is 46.2 Å². The molecule has 0 radical (unpaired) electrons. The molecule has 1 atom stereocenters. The molecule has 168 valence electrons. The number of methoxy groups -OCH3 is 1. The average molecular weight is 448 g/mol. The zero-order valence-corrected chi connectivity index (χ0v) is 19.2. The number of sulfonamides is 1. The quantitative estimate of drug-likeness (QED) is 0.615. The number of hydrogen-bond donors (Lipinski definition) is 2. The molecule has 0 saturated heterocycles. The number of anilines is 2. The monoisotopic (exact) mass is 447 g/mol. The number of benzene rings is 2. The number of carbonyl (C=O) groups is 2. The molecule has 8 nitrogen and oxygen atoms in total. The Bertz CT molecular complexity index is 1050. The van der Waals surface area contributed by atoms with Gasteiger partial charge in [-0.1, -0.05) is 25.1 Å². The molecule has 0 spiro atoms. The van der Waals surface area contributed by atoms with Gasteiger partial charge in [-0.25, -0.2) is 8.42 Å². The van der Waals surface area contributed by atoms with E-state index in [2.05, 4.69) is 10.6 Å². The lowest BCUT2D eigenvalue weighted by molar-refractivity contribution is -0.116. The maximum atomic E-state index is 13.1. The molecular formula is C22H29N3O5S. The summed E-state index contributed by atoms with van der Waals surface area (Å²) in [6.07, 6.45) is 1.81. The molecule has 0 aromatic heterocycles. The van der Waals surface area contributed by atoms with Gasteiger partial charge in [0.2, 0.25) is 15.9 Å². The van der Waals surface area contributed by atoms with E-state index in [0.29, 0.717) is 23.5 Å². The van der Waals surface area contributed by atoms with Crippen LogP contribution in [0.1, 0.15) is 36.2 Å². The molecule has 0 aliphatic rings. The first-order valence-electron chi connectivity index (χ1n) is 9.92. The van der Waals surface area contributed by atoms with E-state index in [-0.39, 0.29) is 11.6 Å². The van der Waals surface area contributed by atoms with Crippen LogP contribution in [0.3, 0.4) is 0 Å². The summed E-state index contributed by atoms with van der Waals surface area (Å²) in [5.41, 5.74) is 1.68. The van der Waals surface area contributed by atoms with Crippen LogP contribution in [0.15, 0.2) is 42.5 Å². The van der Waals surface area contributed by atoms with Crippen LogP contribution in [0, 0.1) is 6.92 Å². The first-order chi connectivity index (χ1) is 14.6. The van der Waals surface area contributed by atoms with Crippen molar-refractivity contribution in [2.45, 2.75) is 33.2 Å². The van der Waals surface area contributed by atoms with Gasteiger partial charge in [0.1, 0.15) is 11.8 Å². The maximum absolute atomic E-state index is 13.1. The minimum Gasteiger partial charge on any atom is -0.495 e. The van der Waals surface area contributed by atoms with Crippen LogP contribution in [0.2, 0.25) is 0 Å². The summed E-state index contributed by atoms with van der Waals surface area (Å²) in [7, 11) is -2.39. The fourth-order valence-electron chi connectivity index (χ4n) is 3.11. The number of para-hydroxylation sites is 1. The summed E-state index contributed by atoms with van der Waals surface area (Å²) in [5.74, 6) is -0.564. The number of carbonyl (C=O) groups excluding carboxylic acids is 2. The SMILES string of the molecule is CCCNC(=O)c1ccccc1NC(=O)[C@H](C)N(c1cc(C)ccc1OC)S(C)(=O)=O. The number of amides is 2. The Kier molecular flexibility index (Phi) is 8.04. The van der Waals surface area contributed by atoms with Gasteiger partial charge in [-0.3, -0.25) is 13.9 Å². The summed E-state index contributed by atoms with van der Waals surface area (Å²) in [6.45, 7) is 5.75. The highest BCUT2D eigenvalue weighted by Gasteiger charge is 2.32. The van der Waals surface area contributed by atoms with E-state index in [1.54, 1.807) is 42.5 Å². The van der Waals surface area contributed by atoms with Gasteiger partial charge in [0, 0.05) is 6.54 Å². The number of ether oxygens (including phenoxy) is 1. The van der Waals surface area contributed by atoms with Crippen LogP contribution in [-0.2, 0) is 14.8 Å². The predicted molar refractivity (Wildman–Crippen MR) is 122 cm³/mol. The van der Waals surface area contributed by atoms with E-state index in [4.69, 9.17) is 4.74 Å². The minimum absolute atomic E-state index is 0.265. The highest BCUT2D eigenvalue weighted by atomic mass is 32.2. The van der Waals surface area contributed by atoms with E-state index >= 15 is 0 Å². The fourth-order valence-corrected chi connectivity index (χ4v) is 4.28. The molecule has 31 heavy (non-hydrogen) atoms. The summed E-state index contributed by atoms with van der Waals surface area (Å²) in [4.78, 5) is 25.5. The van der Waals surface area contributed by atoms with Crippen LogP contribution in [0.25, 0.3) is 0 Å². The van der Waals surface area contributed by atoms with Gasteiger partial charge < -0.3 is 15.4 Å². The van der Waals surface area contributed by atoms with Gasteiger partial charge in [-0.05, 0) is 50.1 Å². The van der Waals surface area contributed by atoms with Crippen LogP contribution < -0.4 is 19.7 Å². The third-order valence-corrected chi connectivity index (χ3v) is 5.85. The van der Waals surface area contributed by atoms with Crippen molar-refractivity contribution in [1.29, 1.82) is 0 Å². The number of nitrogens with zero attached hydrogens (tertiary/aromatic N) is 1. The smallest absolute Gasteiger partial charge is 0.253 e. The molecule has 0 unspecified atom stereocenters. The van der Waals surface area contributed by atoms with Crippen molar-refractivity contribution in [3.05, 3.63) is 53.6 Å². The van der Waals surface area contributed by atoms with Crippen molar-refractivity contribution >= 4 is 33.2 Å². The van der Waals surface area contributed by atoms with Crippen molar-refractivity contribution in [2.24, 2.45) is 0 Å². The highest BCUT2D eigenvalue weighted by Crippen LogP contribution is 2.33. The highest BCUT2D eigenvalue weighted by molar-refractivity contribution is 7.92. The molecule has 2 aromatic rings. The van der Waals surface area contributed by atoms with Gasteiger partial charge in [0.25, 0.3) is 5.91 Å². The standard InChI is InChI=1S/C22H29N3O5S/c1-6-13-23-22(27)17-9-7-8-10-18(17)24-21(26)16(3)25(31(5,28)29)19-14-15(2)11-12-20(19)30-4/h7-12,14,16H,6,13H2,1-5H3,(H,23,27)(H,24,26)/t16-/m0/s1. The maximum Gasteiger partial charge on any atom is 0.253 e. The van der Waals surface area contributed by atoms with Crippen molar-refractivity contribution in [2.75, 3.05) is 29.5 Å². The summed E-state index contributed by atoms with van der Waals surface area (Å²) < 4.78 is 31.6. The largest absolute Gasteiger partial charge is 0.495 e. The summed E-state index contributed by atoms with van der Waals surface area (Å²) >= 11 is 0. The molecule has 0 aliphatic heterocycles. The predicted octanol–water partition coefficient (Wildman–Crippen LogP) is 2.94. The molecular weight excluding hydrogens is 418 g/mol. The van der Waals surface area contributed by atoms with Gasteiger partial charge >= 0.3 is 0 Å². The second kappa shape index (κ2) is 10.3. The van der Waals surface area contributed by atoms with E-state index < -0.39 is 22.0 Å². The molecule has 2 rings (SSSR count). The first-order valence-corrected chi connectivity index (χ1v) is 11.8. The molecule has 0 heterocycles. The molecule has 9 heteroatoms. The lowest BCUT2D eigenvalue weighted by atomic mass is 10.1. The summed E-state index contributed by atoms with van der Waals surface area (Å²) in [5, 5.41) is 5.47. The first kappa shape index (κ1) is 24.2. The number of rotatable bonds is 9. The van der Waals surface area contributed by atoms with Gasteiger partial charge in [0.15, 0.2) is 0 Å². The average Bonchev–Trinajstić information content (AvgIpc) is 2.71. The third-order valence-electron chi connectivity index (χ3n) is 4.63. The Labute approximate surface area is 183 Å². The second-order valence-electron chi connectivity index (χ2n) is 7.20. The summed E-state index contributed by atoms with van der Waals surface area (Å²) in [6, 6.07) is 10.6. The normalized spacial score (nSPS) is 12.0. The Morgan fingerprint density at radius 1 is 1.16 bits per heavy atom. The molecule has 2 amide bonds. The van der Waals surface area contributed by atoms with Crippen molar-refractivity contribution in [3.63, 3.8) is 0 Å². The zero-order chi connectivity index (χ0) is 23.2. The minimum atomic E-state index is -3.83. The van der Waals surface area contributed by atoms with Crippen molar-refractivity contribution < 1.29 is 22.7 Å². The van der Waals surface area contributed by atoms with E-state index in [9.17, 15) is 18.0 Å². The molecule has 0 bridgehead atoms. The Hall–Kier alpha value is -3.07. The second-order valence-corrected chi connectivity index (χ2v) is 9.06. The Morgan fingerprint density at radius 3 is 2.45 bits per heavy atom. The van der Waals surface area contributed by atoms with Crippen LogP contribution >= 0.6 is 0 Å². The number of hydrogen-bond acceptors (Lipinski definition) is 5. The van der Waals surface area contributed by atoms with Crippen molar-refractivity contribution in [3.8, 4) is 5.75 Å². The van der Waals surface area contributed by atoms with Gasteiger partial charge in [-0.2, -0.15) is 0 Å². The molecule has 0 saturated carbocycles. The Balaban J connectivity index is 2.39. The lowest BCUT2D eigenvalue weighted by Crippen LogP contribution is -2.45. The third kappa shape index (κ3) is 5.97. The molecule has 2 N–H and O–H groups in total. The van der Waals surface area contributed by atoms with Gasteiger partial charge in [0.05, 0.1) is 30.3 Å². The number of aryl methyl sites for hydroxylation is 1. The molecule has 0 aliphatic carbocycles. The topological polar surface area (TPSA) is 105 Å². The Morgan fingerprint density at radius 2 is 1.84 bits per heavy atom. The molecule has 0 fully saturated rings. The van der Waals surface area contributed by atoms with E-state index in [0.717, 1.165) is 22.5 Å². The zero-order valence-electron chi connectivity index (χ0n) is 18.4. The van der Waals surface area contributed by atoms with Gasteiger partial charge in [-0.15, -0.1) is 0 Å².